The van der Waals surface area contributed by atoms with Gasteiger partial charge in [0.25, 0.3) is 0 Å². The van der Waals surface area contributed by atoms with Gasteiger partial charge in [0, 0.05) is 26.1 Å². The Balaban J connectivity index is 1.33. The fourth-order valence-electron chi connectivity index (χ4n) is 3.87. The molecule has 1 heterocycles. The van der Waals surface area contributed by atoms with Gasteiger partial charge in [0.2, 0.25) is 5.91 Å². The van der Waals surface area contributed by atoms with Crippen molar-refractivity contribution in [2.75, 3.05) is 19.8 Å². The first kappa shape index (κ1) is 21.8. The smallest absolute Gasteiger partial charge is 0.224 e. The summed E-state index contributed by atoms with van der Waals surface area (Å²) in [5, 5.41) is 3.04. The highest BCUT2D eigenvalue weighted by molar-refractivity contribution is 5.79. The van der Waals surface area contributed by atoms with Crippen LogP contribution in [0.5, 0.6) is 0 Å². The van der Waals surface area contributed by atoms with Crippen molar-refractivity contribution in [1.82, 2.24) is 14.9 Å². The van der Waals surface area contributed by atoms with Crippen molar-refractivity contribution in [2.24, 2.45) is 0 Å². The summed E-state index contributed by atoms with van der Waals surface area (Å²) in [7, 11) is 0. The fourth-order valence-corrected chi connectivity index (χ4v) is 3.87. The molecule has 0 radical (unpaired) electrons. The summed E-state index contributed by atoms with van der Waals surface area (Å²) in [4.78, 5) is 17.2. The molecule has 0 aliphatic rings. The van der Waals surface area contributed by atoms with Crippen LogP contribution in [0.2, 0.25) is 0 Å². The van der Waals surface area contributed by atoms with Crippen molar-refractivity contribution in [3.05, 3.63) is 90.3 Å². The highest BCUT2D eigenvalue weighted by Gasteiger charge is 2.11. The summed E-state index contributed by atoms with van der Waals surface area (Å²) < 4.78 is 7.73. The second-order valence-corrected chi connectivity index (χ2v) is 7.70. The lowest BCUT2D eigenvalue weighted by molar-refractivity contribution is -0.120. The van der Waals surface area contributed by atoms with E-state index in [-0.39, 0.29) is 5.91 Å². The average molecular weight is 428 g/mol. The lowest BCUT2D eigenvalue weighted by atomic mass is 10.0. The normalized spacial score (nSPS) is 11.0. The maximum Gasteiger partial charge on any atom is 0.224 e. The van der Waals surface area contributed by atoms with Crippen LogP contribution in [0, 0.1) is 0 Å². The van der Waals surface area contributed by atoms with E-state index in [0.29, 0.717) is 32.6 Å². The lowest BCUT2D eigenvalue weighted by Gasteiger charge is -2.10. The molecule has 4 rings (SSSR count). The Hall–Kier alpha value is -3.44. The maximum atomic E-state index is 12.5. The van der Waals surface area contributed by atoms with Crippen LogP contribution < -0.4 is 5.32 Å². The Morgan fingerprint density at radius 1 is 0.938 bits per heavy atom. The number of imidazole rings is 1. The first-order valence-corrected chi connectivity index (χ1v) is 11.2. The zero-order valence-corrected chi connectivity index (χ0v) is 18.5. The van der Waals surface area contributed by atoms with Crippen molar-refractivity contribution < 1.29 is 9.53 Å². The molecule has 0 unspecified atom stereocenters. The molecule has 0 saturated carbocycles. The van der Waals surface area contributed by atoms with Crippen LogP contribution in [0.25, 0.3) is 22.2 Å². The Kier molecular flexibility index (Phi) is 7.31. The van der Waals surface area contributed by atoms with Gasteiger partial charge in [0.1, 0.15) is 5.82 Å². The van der Waals surface area contributed by atoms with Gasteiger partial charge in [-0.3, -0.25) is 4.79 Å². The first-order chi connectivity index (χ1) is 15.7. The second kappa shape index (κ2) is 10.7. The van der Waals surface area contributed by atoms with Crippen LogP contribution in [-0.4, -0.2) is 35.2 Å². The Labute approximate surface area is 189 Å². The number of nitrogens with one attached hydrogen (secondary N) is 1. The summed E-state index contributed by atoms with van der Waals surface area (Å²) >= 11 is 0. The summed E-state index contributed by atoms with van der Waals surface area (Å²) in [6.07, 6.45) is 1.05. The minimum absolute atomic E-state index is 0.0226. The number of ether oxygens (including phenoxy) is 1. The number of rotatable bonds is 10. The Morgan fingerprint density at radius 2 is 1.66 bits per heavy atom. The van der Waals surface area contributed by atoms with Crippen molar-refractivity contribution in [2.45, 2.75) is 26.3 Å². The molecule has 3 aromatic carbocycles. The molecule has 0 fully saturated rings. The number of benzene rings is 3. The van der Waals surface area contributed by atoms with Crippen molar-refractivity contribution in [3.63, 3.8) is 0 Å². The van der Waals surface area contributed by atoms with Crippen LogP contribution in [0.4, 0.5) is 0 Å². The third-order valence-corrected chi connectivity index (χ3v) is 5.49. The molecule has 0 saturated heterocycles. The molecule has 4 aromatic rings. The monoisotopic (exact) mass is 427 g/mol. The van der Waals surface area contributed by atoms with Gasteiger partial charge in [0.15, 0.2) is 0 Å². The van der Waals surface area contributed by atoms with Gasteiger partial charge in [-0.15, -0.1) is 0 Å². The molecule has 1 aromatic heterocycles. The molecule has 1 N–H and O–H groups in total. The van der Waals surface area contributed by atoms with Gasteiger partial charge < -0.3 is 14.6 Å². The maximum absolute atomic E-state index is 12.5. The van der Waals surface area contributed by atoms with Gasteiger partial charge in [-0.25, -0.2) is 4.98 Å². The predicted octanol–water partition coefficient (Wildman–Crippen LogP) is 4.64. The molecular weight excluding hydrogens is 398 g/mol. The van der Waals surface area contributed by atoms with E-state index in [9.17, 15) is 4.79 Å². The first-order valence-electron chi connectivity index (χ1n) is 11.2. The molecule has 0 aliphatic heterocycles. The van der Waals surface area contributed by atoms with Gasteiger partial charge in [-0.05, 0) is 35.7 Å². The molecule has 5 heteroatoms. The van der Waals surface area contributed by atoms with Crippen LogP contribution >= 0.6 is 0 Å². The highest BCUT2D eigenvalue weighted by atomic mass is 16.5. The third kappa shape index (κ3) is 5.42. The molecule has 0 atom stereocenters. The number of amides is 1. The summed E-state index contributed by atoms with van der Waals surface area (Å²) in [5.41, 5.74) is 5.42. The number of carbonyl (C=O) groups is 1. The number of para-hydroxylation sites is 2. The van der Waals surface area contributed by atoms with Crippen LogP contribution in [0.15, 0.2) is 78.9 Å². The molecule has 164 valence electrons. The van der Waals surface area contributed by atoms with Gasteiger partial charge in [-0.1, -0.05) is 66.7 Å². The zero-order chi connectivity index (χ0) is 22.2. The number of hydrogen-bond acceptors (Lipinski definition) is 3. The molecule has 5 nitrogen and oxygen atoms in total. The molecular formula is C27H29N3O2. The van der Waals surface area contributed by atoms with Crippen molar-refractivity contribution in [1.29, 1.82) is 0 Å². The topological polar surface area (TPSA) is 56.1 Å². The minimum atomic E-state index is 0.0226. The molecule has 1 amide bonds. The predicted molar refractivity (Wildman–Crippen MR) is 129 cm³/mol. The quantitative estimate of drug-likeness (QED) is 0.375. The Morgan fingerprint density at radius 3 is 2.44 bits per heavy atom. The fraction of sp³-hybridized carbons (Fsp3) is 0.259. The second-order valence-electron chi connectivity index (χ2n) is 7.70. The van der Waals surface area contributed by atoms with E-state index < -0.39 is 0 Å². The minimum Gasteiger partial charge on any atom is -0.380 e. The van der Waals surface area contributed by atoms with Gasteiger partial charge in [0.05, 0.1) is 24.1 Å². The van der Waals surface area contributed by atoms with Crippen LogP contribution in [0.3, 0.4) is 0 Å². The van der Waals surface area contributed by atoms with E-state index in [0.717, 1.165) is 34.5 Å². The lowest BCUT2D eigenvalue weighted by Crippen LogP contribution is -2.28. The van der Waals surface area contributed by atoms with Gasteiger partial charge in [-0.2, -0.15) is 0 Å². The standard InChI is InChI=1S/C27H29N3O2/c1-2-32-19-18-30-25-11-7-6-10-24(25)29-26(30)16-17-28-27(31)20-21-12-14-23(15-13-21)22-8-4-3-5-9-22/h3-15H,2,16-20H2,1H3,(H,28,31). The number of carbonyl (C=O) groups excluding carboxylic acids is 1. The summed E-state index contributed by atoms with van der Waals surface area (Å²) in [6.45, 7) is 4.65. The van der Waals surface area contributed by atoms with E-state index in [1.807, 2.05) is 55.5 Å². The summed E-state index contributed by atoms with van der Waals surface area (Å²) in [5.74, 6) is 0.993. The SMILES string of the molecule is CCOCCn1c(CCNC(=O)Cc2ccc(-c3ccccc3)cc2)nc2ccccc21. The number of hydrogen-bond donors (Lipinski definition) is 1. The van der Waals surface area contributed by atoms with E-state index in [1.54, 1.807) is 0 Å². The largest absolute Gasteiger partial charge is 0.380 e. The average Bonchev–Trinajstić information content (AvgIpc) is 3.18. The van der Waals surface area contributed by atoms with Crippen molar-refractivity contribution >= 4 is 16.9 Å². The van der Waals surface area contributed by atoms with E-state index in [4.69, 9.17) is 9.72 Å². The molecule has 0 spiro atoms. The number of fused-ring (bicyclic) bond motifs is 1. The molecule has 0 bridgehead atoms. The molecule has 0 aliphatic carbocycles. The highest BCUT2D eigenvalue weighted by Crippen LogP contribution is 2.19. The number of nitrogens with zero attached hydrogens (tertiary/aromatic N) is 2. The van der Waals surface area contributed by atoms with Gasteiger partial charge >= 0.3 is 0 Å². The Bertz CT molecular complexity index is 1150. The van der Waals surface area contributed by atoms with E-state index >= 15 is 0 Å². The van der Waals surface area contributed by atoms with Crippen LogP contribution in [0.1, 0.15) is 18.3 Å². The third-order valence-electron chi connectivity index (χ3n) is 5.49. The molecule has 32 heavy (non-hydrogen) atoms. The van der Waals surface area contributed by atoms with E-state index in [1.165, 1.54) is 5.56 Å². The van der Waals surface area contributed by atoms with Crippen molar-refractivity contribution in [3.8, 4) is 11.1 Å². The zero-order valence-electron chi connectivity index (χ0n) is 18.5. The number of aromatic nitrogens is 2. The summed E-state index contributed by atoms with van der Waals surface area (Å²) in [6, 6.07) is 26.5. The van der Waals surface area contributed by atoms with Crippen LogP contribution in [-0.2, 0) is 28.9 Å². The van der Waals surface area contributed by atoms with E-state index in [2.05, 4.69) is 40.2 Å².